The third kappa shape index (κ3) is 5.50. The average molecular weight is 701 g/mol. The van der Waals surface area contributed by atoms with E-state index in [1.165, 1.54) is 110 Å². The highest BCUT2D eigenvalue weighted by Crippen LogP contribution is 2.39. The fourth-order valence-corrected chi connectivity index (χ4v) is 8.87. The van der Waals surface area contributed by atoms with Crippen molar-refractivity contribution in [1.82, 2.24) is 9.13 Å². The molecule has 10 aromatic rings. The van der Waals surface area contributed by atoms with Gasteiger partial charge in [0.25, 0.3) is 0 Å². The number of hydrogen-bond donors (Lipinski definition) is 0. The Morgan fingerprint density at radius 3 is 1.74 bits per heavy atom. The molecule has 0 atom stereocenters. The molecule has 0 aliphatic carbocycles. The monoisotopic (exact) mass is 700 g/mol. The van der Waals surface area contributed by atoms with E-state index in [9.17, 15) is 0 Å². The minimum Gasteiger partial charge on any atom is -0.456 e. The van der Waals surface area contributed by atoms with Crippen molar-refractivity contribution in [3.63, 3.8) is 0 Å². The lowest BCUT2D eigenvalue weighted by Crippen LogP contribution is -1.97. The number of hydrogen-bond acceptors (Lipinski definition) is 1. The molecular formula is C51H44N2O. The number of furan rings is 1. The van der Waals surface area contributed by atoms with Gasteiger partial charge in [-0.05, 0) is 109 Å². The Hall–Kier alpha value is -6.06. The van der Waals surface area contributed by atoms with Crippen molar-refractivity contribution in [2.45, 2.75) is 58.8 Å². The summed E-state index contributed by atoms with van der Waals surface area (Å²) < 4.78 is 11.4. The topological polar surface area (TPSA) is 23.0 Å². The van der Waals surface area contributed by atoms with Crippen molar-refractivity contribution >= 4 is 65.6 Å². The molecule has 0 spiro atoms. The van der Waals surface area contributed by atoms with E-state index in [1.54, 1.807) is 0 Å². The average Bonchev–Trinajstić information content (AvgIpc) is 3.86. The molecule has 10 rings (SSSR count). The number of aromatic nitrogens is 2. The van der Waals surface area contributed by atoms with Crippen LogP contribution in [0.4, 0.5) is 0 Å². The smallest absolute Gasteiger partial charge is 0.135 e. The molecular weight excluding hydrogens is 657 g/mol. The molecule has 3 heterocycles. The Kier molecular flexibility index (Phi) is 8.09. The first kappa shape index (κ1) is 32.6. The summed E-state index contributed by atoms with van der Waals surface area (Å²) in [5.41, 5.74) is 14.2. The fourth-order valence-electron chi connectivity index (χ4n) is 8.87. The zero-order chi connectivity index (χ0) is 36.2. The minimum absolute atomic E-state index is 0.908. The van der Waals surface area contributed by atoms with Gasteiger partial charge >= 0.3 is 0 Å². The molecule has 3 heteroatoms. The van der Waals surface area contributed by atoms with Gasteiger partial charge in [0.1, 0.15) is 11.2 Å². The van der Waals surface area contributed by atoms with Gasteiger partial charge in [-0.1, -0.05) is 117 Å². The van der Waals surface area contributed by atoms with Gasteiger partial charge in [0, 0.05) is 43.7 Å². The molecule has 0 unspecified atom stereocenters. The molecule has 7 aromatic carbocycles. The maximum Gasteiger partial charge on any atom is 0.135 e. The highest BCUT2D eigenvalue weighted by atomic mass is 16.3. The molecule has 3 nitrogen and oxygen atoms in total. The Morgan fingerprint density at radius 2 is 1.02 bits per heavy atom. The molecule has 0 aliphatic rings. The molecule has 0 fully saturated rings. The molecule has 3 aromatic heterocycles. The number of nitrogens with zero attached hydrogens (tertiary/aromatic N) is 2. The number of benzene rings is 7. The van der Waals surface area contributed by atoms with Gasteiger partial charge in [-0.2, -0.15) is 0 Å². The van der Waals surface area contributed by atoms with Gasteiger partial charge in [0.15, 0.2) is 0 Å². The normalized spacial score (nSPS) is 12.0. The van der Waals surface area contributed by atoms with Crippen LogP contribution < -0.4 is 0 Å². The van der Waals surface area contributed by atoms with Crippen LogP contribution in [0.3, 0.4) is 0 Å². The second-order valence-corrected chi connectivity index (χ2v) is 15.1. The summed E-state index contributed by atoms with van der Waals surface area (Å²) >= 11 is 0. The van der Waals surface area contributed by atoms with Crippen LogP contribution >= 0.6 is 0 Å². The van der Waals surface area contributed by atoms with E-state index in [4.69, 9.17) is 4.42 Å². The van der Waals surface area contributed by atoms with Crippen LogP contribution in [0.2, 0.25) is 0 Å². The van der Waals surface area contributed by atoms with Crippen LogP contribution in [-0.2, 0) is 6.42 Å². The van der Waals surface area contributed by atoms with Crippen molar-refractivity contribution in [1.29, 1.82) is 0 Å². The Labute approximate surface area is 316 Å². The summed E-state index contributed by atoms with van der Waals surface area (Å²) in [4.78, 5) is 0. The van der Waals surface area contributed by atoms with Crippen LogP contribution in [0.25, 0.3) is 88.1 Å². The highest BCUT2D eigenvalue weighted by molar-refractivity contribution is 6.12. The summed E-state index contributed by atoms with van der Waals surface area (Å²) in [5, 5.41) is 7.40. The summed E-state index contributed by atoms with van der Waals surface area (Å²) in [6.07, 6.45) is 8.81. The molecule has 0 saturated heterocycles. The van der Waals surface area contributed by atoms with Crippen LogP contribution in [0.1, 0.15) is 56.6 Å². The first-order valence-electron chi connectivity index (χ1n) is 19.7. The van der Waals surface area contributed by atoms with Crippen LogP contribution in [-0.4, -0.2) is 9.13 Å². The number of fused-ring (bicyclic) bond motifs is 9. The molecule has 0 saturated carbocycles. The standard InChI is InChI=1S/C51H44N2O/c1-3-4-5-6-7-8-15-35-29-37(31-39(30-35)53-46-19-12-9-16-40(46)41-17-10-13-20-47(41)53)36-23-26-50-44(32-36)45-33-38(24-27-51(45)54-50)52-48-21-14-11-18-42(48)43-28-34(2)22-25-49(43)52/h9-14,16-33H,3-8,15H2,1-2H3. The SMILES string of the molecule is CCCCCCCCc1cc(-c2ccc3oc4ccc(-n5c6ccccc6c6cc(C)ccc65)cc4c3c2)cc(-n2c3ccccc3c3ccccc32)c1. The van der Waals surface area contributed by atoms with Gasteiger partial charge in [0.05, 0.1) is 22.1 Å². The number of unbranched alkanes of at least 4 members (excludes halogenated alkanes) is 5. The van der Waals surface area contributed by atoms with Gasteiger partial charge in [-0.25, -0.2) is 0 Å². The Morgan fingerprint density at radius 1 is 0.426 bits per heavy atom. The second kappa shape index (κ2) is 13.4. The lowest BCUT2D eigenvalue weighted by Gasteiger charge is -2.14. The molecule has 54 heavy (non-hydrogen) atoms. The zero-order valence-electron chi connectivity index (χ0n) is 31.1. The first-order chi connectivity index (χ1) is 26.6. The van der Waals surface area contributed by atoms with E-state index in [1.807, 2.05) is 0 Å². The van der Waals surface area contributed by atoms with Crippen LogP contribution in [0.15, 0.2) is 150 Å². The highest BCUT2D eigenvalue weighted by Gasteiger charge is 2.17. The third-order valence-corrected chi connectivity index (χ3v) is 11.5. The molecule has 0 N–H and O–H groups in total. The lowest BCUT2D eigenvalue weighted by molar-refractivity contribution is 0.607. The van der Waals surface area contributed by atoms with Gasteiger partial charge in [-0.3, -0.25) is 0 Å². The number of para-hydroxylation sites is 3. The molecule has 264 valence electrons. The predicted octanol–water partition coefficient (Wildman–Crippen LogP) is 14.7. The van der Waals surface area contributed by atoms with E-state index in [0.717, 1.165) is 34.0 Å². The quantitative estimate of drug-likeness (QED) is 0.130. The summed E-state index contributed by atoms with van der Waals surface area (Å²) in [7, 11) is 0. The lowest BCUT2D eigenvalue weighted by atomic mass is 9.97. The van der Waals surface area contributed by atoms with E-state index in [-0.39, 0.29) is 0 Å². The molecule has 0 amide bonds. The maximum atomic E-state index is 6.49. The van der Waals surface area contributed by atoms with Crippen molar-refractivity contribution in [2.75, 3.05) is 0 Å². The zero-order valence-corrected chi connectivity index (χ0v) is 31.1. The molecule has 0 radical (unpaired) electrons. The van der Waals surface area contributed by atoms with E-state index in [0.29, 0.717) is 0 Å². The summed E-state index contributed by atoms with van der Waals surface area (Å²) in [5.74, 6) is 0. The third-order valence-electron chi connectivity index (χ3n) is 11.5. The summed E-state index contributed by atoms with van der Waals surface area (Å²) in [6, 6.07) is 53.8. The van der Waals surface area contributed by atoms with Crippen LogP contribution in [0.5, 0.6) is 0 Å². The van der Waals surface area contributed by atoms with Crippen molar-refractivity contribution in [2.24, 2.45) is 0 Å². The molecule has 0 aliphatic heterocycles. The second-order valence-electron chi connectivity index (χ2n) is 15.1. The van der Waals surface area contributed by atoms with Crippen molar-refractivity contribution < 1.29 is 4.42 Å². The minimum atomic E-state index is 0.908. The number of rotatable bonds is 10. The van der Waals surface area contributed by atoms with Gasteiger partial charge < -0.3 is 13.6 Å². The maximum absolute atomic E-state index is 6.49. The Bertz CT molecular complexity index is 2950. The number of aryl methyl sites for hydroxylation is 2. The first-order valence-corrected chi connectivity index (χ1v) is 19.7. The van der Waals surface area contributed by atoms with Crippen LogP contribution in [0, 0.1) is 6.92 Å². The van der Waals surface area contributed by atoms with Gasteiger partial charge in [-0.15, -0.1) is 0 Å². The van der Waals surface area contributed by atoms with E-state index >= 15 is 0 Å². The largest absolute Gasteiger partial charge is 0.456 e. The van der Waals surface area contributed by atoms with E-state index in [2.05, 4.69) is 169 Å². The predicted molar refractivity (Wildman–Crippen MR) is 230 cm³/mol. The fraction of sp³-hybridized carbons (Fsp3) is 0.176. The summed E-state index contributed by atoms with van der Waals surface area (Å²) in [6.45, 7) is 4.46. The molecule has 0 bridgehead atoms. The van der Waals surface area contributed by atoms with Crippen molar-refractivity contribution in [3.8, 4) is 22.5 Å². The van der Waals surface area contributed by atoms with Gasteiger partial charge in [0.2, 0.25) is 0 Å². The Balaban J connectivity index is 1.12. The van der Waals surface area contributed by atoms with Crippen molar-refractivity contribution in [3.05, 3.63) is 157 Å². The van der Waals surface area contributed by atoms with E-state index < -0.39 is 0 Å².